The van der Waals surface area contributed by atoms with Gasteiger partial charge < -0.3 is 21.1 Å². The third-order valence-electron chi connectivity index (χ3n) is 2.75. The number of anilines is 1. The van der Waals surface area contributed by atoms with Crippen LogP contribution in [0.2, 0.25) is 0 Å². The van der Waals surface area contributed by atoms with E-state index in [4.69, 9.17) is 5.73 Å². The van der Waals surface area contributed by atoms with Gasteiger partial charge in [0, 0.05) is 11.8 Å². The highest BCUT2D eigenvalue weighted by atomic mass is 32.2. The number of hydrogen-bond acceptors (Lipinski definition) is 6. The number of nitrogen functional groups attached to an aromatic ring is 1. The van der Waals surface area contributed by atoms with E-state index in [1.807, 2.05) is 0 Å². The lowest BCUT2D eigenvalue weighted by molar-refractivity contribution is 0.0339. The van der Waals surface area contributed by atoms with Crippen LogP contribution in [-0.4, -0.2) is 39.5 Å². The van der Waals surface area contributed by atoms with Crippen LogP contribution in [0.1, 0.15) is 12.8 Å². The number of aromatic nitrogens is 2. The van der Waals surface area contributed by atoms with Gasteiger partial charge in [-0.05, 0) is 25.9 Å². The topological polar surface area (TPSA) is 104 Å². The second-order valence-electron chi connectivity index (χ2n) is 4.24. The largest absolute Gasteiger partial charge is 0.389 e. The van der Waals surface area contributed by atoms with E-state index in [0.29, 0.717) is 23.8 Å². The molecule has 0 atom stereocenters. The van der Waals surface area contributed by atoms with Crippen molar-refractivity contribution in [3.05, 3.63) is 16.4 Å². The maximum absolute atomic E-state index is 11.2. The Bertz CT molecular complexity index is 442. The maximum atomic E-state index is 11.2. The van der Waals surface area contributed by atoms with Crippen molar-refractivity contribution in [3.8, 4) is 0 Å². The number of aliphatic hydroxyl groups is 1. The lowest BCUT2D eigenvalue weighted by Crippen LogP contribution is -2.43. The molecular formula is C10H16N4O2S. The summed E-state index contributed by atoms with van der Waals surface area (Å²) in [6, 6.07) is 1.24. The third kappa shape index (κ3) is 3.45. The van der Waals surface area contributed by atoms with Crippen LogP contribution in [0.25, 0.3) is 0 Å². The molecule has 0 aromatic carbocycles. The lowest BCUT2D eigenvalue weighted by atomic mass is 9.95. The summed E-state index contributed by atoms with van der Waals surface area (Å²) in [5, 5.41) is 13.9. The van der Waals surface area contributed by atoms with Gasteiger partial charge in [0.25, 0.3) is 5.56 Å². The lowest BCUT2D eigenvalue weighted by Gasteiger charge is -2.31. The van der Waals surface area contributed by atoms with E-state index < -0.39 is 5.60 Å². The van der Waals surface area contributed by atoms with Crippen LogP contribution < -0.4 is 16.6 Å². The number of thioether (sulfide) groups is 1. The fourth-order valence-corrected chi connectivity index (χ4v) is 2.80. The fraction of sp³-hybridized carbons (Fsp3) is 0.600. The molecule has 1 aliphatic heterocycles. The third-order valence-corrected chi connectivity index (χ3v) is 3.90. The standard InChI is InChI=1S/C10H16N4O2S/c11-7-5-8(15)14-9(13-7)17-6-10(16)1-3-12-4-2-10/h5,12,16H,1-4,6H2,(H3,11,13,14,15). The molecule has 0 spiro atoms. The molecule has 0 amide bonds. The van der Waals surface area contributed by atoms with Gasteiger partial charge in [0.2, 0.25) is 0 Å². The summed E-state index contributed by atoms with van der Waals surface area (Å²) < 4.78 is 0. The van der Waals surface area contributed by atoms with Gasteiger partial charge in [-0.1, -0.05) is 11.8 Å². The minimum atomic E-state index is -0.681. The van der Waals surface area contributed by atoms with Crippen LogP contribution >= 0.6 is 11.8 Å². The molecule has 0 radical (unpaired) electrons. The molecule has 7 heteroatoms. The highest BCUT2D eigenvalue weighted by molar-refractivity contribution is 7.99. The Balaban J connectivity index is 1.99. The molecule has 0 unspecified atom stereocenters. The van der Waals surface area contributed by atoms with Gasteiger partial charge in [-0.3, -0.25) is 4.79 Å². The van der Waals surface area contributed by atoms with Crippen LogP contribution in [0.15, 0.2) is 16.0 Å². The number of rotatable bonds is 3. The molecule has 1 aliphatic rings. The Kier molecular flexibility index (Phi) is 3.70. The van der Waals surface area contributed by atoms with Crippen molar-refractivity contribution in [2.45, 2.75) is 23.6 Å². The van der Waals surface area contributed by atoms with Crippen LogP contribution in [0, 0.1) is 0 Å². The molecule has 1 aromatic rings. The van der Waals surface area contributed by atoms with Gasteiger partial charge in [0.1, 0.15) is 5.82 Å². The quantitative estimate of drug-likeness (QED) is 0.432. The summed E-state index contributed by atoms with van der Waals surface area (Å²) in [7, 11) is 0. The Morgan fingerprint density at radius 1 is 1.53 bits per heavy atom. The molecule has 1 saturated heterocycles. The van der Waals surface area contributed by atoms with Crippen molar-refractivity contribution in [3.63, 3.8) is 0 Å². The van der Waals surface area contributed by atoms with Gasteiger partial charge in [0.15, 0.2) is 5.16 Å². The molecule has 0 aliphatic carbocycles. The van der Waals surface area contributed by atoms with Gasteiger partial charge in [0.05, 0.1) is 5.60 Å². The predicted octanol–water partition coefficient (Wildman–Crippen LogP) is -0.441. The van der Waals surface area contributed by atoms with Crippen LogP contribution in [0.3, 0.4) is 0 Å². The first-order valence-electron chi connectivity index (χ1n) is 5.50. The Morgan fingerprint density at radius 3 is 2.88 bits per heavy atom. The van der Waals surface area contributed by atoms with E-state index in [9.17, 15) is 9.90 Å². The number of nitrogens with two attached hydrogens (primary N) is 1. The summed E-state index contributed by atoms with van der Waals surface area (Å²) in [6.07, 6.45) is 1.43. The SMILES string of the molecule is Nc1cc(=O)[nH]c(SCC2(O)CCNCC2)n1. The molecule has 94 valence electrons. The summed E-state index contributed by atoms with van der Waals surface area (Å²) in [6.45, 7) is 1.63. The molecule has 5 N–H and O–H groups in total. The fourth-order valence-electron chi connectivity index (χ4n) is 1.76. The smallest absolute Gasteiger partial charge is 0.253 e. The summed E-state index contributed by atoms with van der Waals surface area (Å²) in [5.41, 5.74) is 4.54. The minimum Gasteiger partial charge on any atom is -0.389 e. The van der Waals surface area contributed by atoms with Gasteiger partial charge >= 0.3 is 0 Å². The minimum absolute atomic E-state index is 0.202. The van der Waals surface area contributed by atoms with E-state index in [0.717, 1.165) is 13.1 Å². The van der Waals surface area contributed by atoms with Crippen LogP contribution in [-0.2, 0) is 0 Å². The Labute approximate surface area is 103 Å². The van der Waals surface area contributed by atoms with Crippen molar-refractivity contribution in [2.75, 3.05) is 24.6 Å². The number of H-pyrrole nitrogens is 1. The number of nitrogens with one attached hydrogen (secondary N) is 2. The van der Waals surface area contributed by atoms with Crippen molar-refractivity contribution >= 4 is 17.6 Å². The average molecular weight is 256 g/mol. The molecule has 17 heavy (non-hydrogen) atoms. The summed E-state index contributed by atoms with van der Waals surface area (Å²) in [4.78, 5) is 17.8. The number of aromatic amines is 1. The van der Waals surface area contributed by atoms with E-state index in [1.165, 1.54) is 17.8 Å². The second kappa shape index (κ2) is 5.07. The monoisotopic (exact) mass is 256 g/mol. The molecule has 0 bridgehead atoms. The second-order valence-corrected chi connectivity index (χ2v) is 5.20. The molecular weight excluding hydrogens is 240 g/mol. The zero-order valence-electron chi connectivity index (χ0n) is 9.40. The van der Waals surface area contributed by atoms with Crippen molar-refractivity contribution in [1.82, 2.24) is 15.3 Å². The van der Waals surface area contributed by atoms with E-state index in [2.05, 4.69) is 15.3 Å². The highest BCUT2D eigenvalue weighted by Crippen LogP contribution is 2.25. The summed E-state index contributed by atoms with van der Waals surface area (Å²) in [5.74, 6) is 0.717. The van der Waals surface area contributed by atoms with Gasteiger partial charge in [-0.2, -0.15) is 0 Å². The predicted molar refractivity (Wildman–Crippen MR) is 67.0 cm³/mol. The summed E-state index contributed by atoms with van der Waals surface area (Å²) >= 11 is 1.33. The molecule has 2 heterocycles. The van der Waals surface area contributed by atoms with E-state index in [-0.39, 0.29) is 11.4 Å². The highest BCUT2D eigenvalue weighted by Gasteiger charge is 2.29. The molecule has 1 fully saturated rings. The average Bonchev–Trinajstić information content (AvgIpc) is 2.26. The first-order valence-corrected chi connectivity index (χ1v) is 6.49. The molecule has 0 saturated carbocycles. The van der Waals surface area contributed by atoms with Crippen LogP contribution in [0.4, 0.5) is 5.82 Å². The van der Waals surface area contributed by atoms with Gasteiger partial charge in [-0.15, -0.1) is 0 Å². The molecule has 1 aromatic heterocycles. The number of hydrogen-bond donors (Lipinski definition) is 4. The van der Waals surface area contributed by atoms with E-state index in [1.54, 1.807) is 0 Å². The first-order chi connectivity index (χ1) is 8.07. The van der Waals surface area contributed by atoms with E-state index >= 15 is 0 Å². The number of nitrogens with zero attached hydrogens (tertiary/aromatic N) is 1. The van der Waals surface area contributed by atoms with Gasteiger partial charge in [-0.25, -0.2) is 4.98 Å². The van der Waals surface area contributed by atoms with Crippen molar-refractivity contribution in [2.24, 2.45) is 0 Å². The Morgan fingerprint density at radius 2 is 2.24 bits per heavy atom. The zero-order valence-corrected chi connectivity index (χ0v) is 10.2. The number of piperidine rings is 1. The molecule has 6 nitrogen and oxygen atoms in total. The zero-order chi connectivity index (χ0) is 12.3. The maximum Gasteiger partial charge on any atom is 0.253 e. The Hall–Kier alpha value is -1.05. The van der Waals surface area contributed by atoms with Crippen molar-refractivity contribution < 1.29 is 5.11 Å². The van der Waals surface area contributed by atoms with Crippen molar-refractivity contribution in [1.29, 1.82) is 0 Å². The first kappa shape index (κ1) is 12.4. The van der Waals surface area contributed by atoms with Crippen LogP contribution in [0.5, 0.6) is 0 Å². The normalized spacial score (nSPS) is 19.1. The molecule has 2 rings (SSSR count).